The highest BCUT2D eigenvalue weighted by Gasteiger charge is 2.38. The van der Waals surface area contributed by atoms with Gasteiger partial charge in [0, 0.05) is 49.0 Å². The van der Waals surface area contributed by atoms with Crippen molar-refractivity contribution in [2.75, 3.05) is 38.3 Å². The monoisotopic (exact) mass is 529 g/mol. The second-order valence-electron chi connectivity index (χ2n) is 8.90. The Balaban J connectivity index is 0.000000454. The molecule has 0 saturated carbocycles. The number of ether oxygens (including phenoxy) is 2. The van der Waals surface area contributed by atoms with Gasteiger partial charge >= 0.3 is 12.1 Å². The van der Waals surface area contributed by atoms with E-state index in [1.54, 1.807) is 7.11 Å². The van der Waals surface area contributed by atoms with E-state index < -0.39 is 12.1 Å². The van der Waals surface area contributed by atoms with Crippen LogP contribution in [0.25, 0.3) is 0 Å². The molecule has 2 fully saturated rings. The van der Waals surface area contributed by atoms with Gasteiger partial charge in [0.05, 0.1) is 19.8 Å². The molecule has 1 aromatic heterocycles. The van der Waals surface area contributed by atoms with E-state index in [0.29, 0.717) is 12.1 Å². The molecule has 2 aromatic rings. The smallest absolute Gasteiger partial charge is 0.490 e. The molecule has 11 heteroatoms. The number of nitrogens with zero attached hydrogens (tertiary/aromatic N) is 3. The Hall–Kier alpha value is -2.56. The maximum atomic E-state index is 10.6. The number of aliphatic carboxylic acids is 1. The summed E-state index contributed by atoms with van der Waals surface area (Å²) in [4.78, 5) is 18.5. The normalized spacial score (nSPS) is 21.4. The van der Waals surface area contributed by atoms with Crippen molar-refractivity contribution in [3.8, 4) is 5.75 Å². The zero-order valence-electron chi connectivity index (χ0n) is 20.2. The molecule has 2 atom stereocenters. The summed E-state index contributed by atoms with van der Waals surface area (Å²) in [5.74, 6) is -0.884. The van der Waals surface area contributed by atoms with Crippen LogP contribution in [0.2, 0.25) is 5.02 Å². The van der Waals surface area contributed by atoms with E-state index in [9.17, 15) is 13.2 Å². The van der Waals surface area contributed by atoms with Gasteiger partial charge in [-0.05, 0) is 49.9 Å². The topological polar surface area (TPSA) is 75.1 Å². The van der Waals surface area contributed by atoms with Crippen molar-refractivity contribution in [2.24, 2.45) is 0 Å². The Labute approximate surface area is 213 Å². The minimum Gasteiger partial charge on any atom is -0.497 e. The maximum absolute atomic E-state index is 10.6. The molecule has 4 rings (SSSR count). The number of morpholine rings is 1. The average molecular weight is 530 g/mol. The van der Waals surface area contributed by atoms with E-state index in [4.69, 9.17) is 31.0 Å². The summed E-state index contributed by atoms with van der Waals surface area (Å²) in [6.45, 7) is 6.01. The molecule has 3 heterocycles. The number of piperidine rings is 1. The average Bonchev–Trinajstić information content (AvgIpc) is 2.86. The van der Waals surface area contributed by atoms with E-state index in [1.807, 2.05) is 30.5 Å². The minimum atomic E-state index is -5.08. The lowest BCUT2D eigenvalue weighted by molar-refractivity contribution is -0.192. The van der Waals surface area contributed by atoms with Crippen LogP contribution in [-0.4, -0.2) is 78.7 Å². The summed E-state index contributed by atoms with van der Waals surface area (Å²) in [6.07, 6.45) is 0.313. The Morgan fingerprint density at radius 1 is 1.22 bits per heavy atom. The van der Waals surface area contributed by atoms with Crippen LogP contribution in [0.4, 0.5) is 19.0 Å². The molecule has 7 nitrogen and oxygen atoms in total. The molecule has 0 radical (unpaired) electrons. The molecule has 0 unspecified atom stereocenters. The van der Waals surface area contributed by atoms with Crippen LogP contribution in [0.3, 0.4) is 0 Å². The first-order valence-corrected chi connectivity index (χ1v) is 12.1. The van der Waals surface area contributed by atoms with Crippen LogP contribution in [0, 0.1) is 0 Å². The van der Waals surface area contributed by atoms with Gasteiger partial charge in [0.1, 0.15) is 11.6 Å². The molecular weight excluding hydrogens is 499 g/mol. The summed E-state index contributed by atoms with van der Waals surface area (Å²) in [5.41, 5.74) is 1.32. The lowest BCUT2D eigenvalue weighted by Gasteiger charge is -2.46. The van der Waals surface area contributed by atoms with Gasteiger partial charge in [-0.1, -0.05) is 23.7 Å². The number of aromatic nitrogens is 1. The van der Waals surface area contributed by atoms with E-state index in [2.05, 4.69) is 33.8 Å². The molecule has 0 bridgehead atoms. The van der Waals surface area contributed by atoms with Gasteiger partial charge in [-0.25, -0.2) is 9.78 Å². The van der Waals surface area contributed by atoms with Crippen LogP contribution in [0.1, 0.15) is 25.3 Å². The van der Waals surface area contributed by atoms with Crippen molar-refractivity contribution >= 4 is 23.4 Å². The molecule has 36 heavy (non-hydrogen) atoms. The second-order valence-corrected chi connectivity index (χ2v) is 9.34. The third kappa shape index (κ3) is 7.97. The highest BCUT2D eigenvalue weighted by atomic mass is 35.5. The lowest BCUT2D eigenvalue weighted by atomic mass is 9.96. The van der Waals surface area contributed by atoms with Crippen molar-refractivity contribution in [3.63, 3.8) is 0 Å². The van der Waals surface area contributed by atoms with Gasteiger partial charge in [0.15, 0.2) is 0 Å². The van der Waals surface area contributed by atoms with Gasteiger partial charge in [-0.15, -0.1) is 0 Å². The first-order chi connectivity index (χ1) is 17.1. The number of methoxy groups -OCH3 is 1. The summed E-state index contributed by atoms with van der Waals surface area (Å²) in [6, 6.07) is 13.2. The second kappa shape index (κ2) is 12.6. The maximum Gasteiger partial charge on any atom is 0.490 e. The number of carboxylic acid groups (broad SMARTS) is 1. The number of carbonyl (C=O) groups is 1. The van der Waals surface area contributed by atoms with Crippen LogP contribution >= 0.6 is 11.6 Å². The Morgan fingerprint density at radius 3 is 2.44 bits per heavy atom. The first-order valence-electron chi connectivity index (χ1n) is 11.7. The summed E-state index contributed by atoms with van der Waals surface area (Å²) < 4.78 is 43.1. The van der Waals surface area contributed by atoms with Gasteiger partial charge < -0.3 is 19.5 Å². The minimum absolute atomic E-state index is 0.287. The number of hydrogen-bond acceptors (Lipinski definition) is 6. The highest BCUT2D eigenvalue weighted by molar-refractivity contribution is 6.30. The Kier molecular flexibility index (Phi) is 9.81. The fourth-order valence-electron chi connectivity index (χ4n) is 4.51. The highest BCUT2D eigenvalue weighted by Crippen LogP contribution is 2.28. The lowest BCUT2D eigenvalue weighted by Crippen LogP contribution is -2.56. The molecule has 0 aliphatic carbocycles. The molecule has 0 spiro atoms. The third-order valence-electron chi connectivity index (χ3n) is 6.35. The standard InChI is InChI=1S/C23H30ClN3O2.C2HF3O2/c1-17-15-27(21(16-29-17)13-18-3-5-19(24)6-4-18)20-8-11-26(12-9-20)23-14-22(28-2)7-10-25-23;3-2(4,5)1(6)7/h3-7,10,14,17,20-21H,8-9,11-13,15-16H2,1-2H3;(H,6,7)/t17-,21-;/m0./s1. The van der Waals surface area contributed by atoms with Crippen LogP contribution in [0.5, 0.6) is 5.75 Å². The number of hydrogen-bond donors (Lipinski definition) is 1. The number of rotatable bonds is 5. The molecule has 198 valence electrons. The molecule has 1 aromatic carbocycles. The van der Waals surface area contributed by atoms with Crippen molar-refractivity contribution in [1.29, 1.82) is 0 Å². The first kappa shape index (κ1) is 28.0. The van der Waals surface area contributed by atoms with Crippen molar-refractivity contribution in [1.82, 2.24) is 9.88 Å². The number of halogens is 4. The molecule has 0 amide bonds. The predicted molar refractivity (Wildman–Crippen MR) is 131 cm³/mol. The summed E-state index contributed by atoms with van der Waals surface area (Å²) in [5, 5.41) is 7.91. The Morgan fingerprint density at radius 2 is 1.86 bits per heavy atom. The van der Waals surface area contributed by atoms with Gasteiger partial charge in [0.25, 0.3) is 0 Å². The number of anilines is 1. The molecule has 1 N–H and O–H groups in total. The third-order valence-corrected chi connectivity index (χ3v) is 6.60. The van der Waals surface area contributed by atoms with Crippen LogP contribution in [-0.2, 0) is 16.0 Å². The largest absolute Gasteiger partial charge is 0.497 e. The van der Waals surface area contributed by atoms with Crippen LogP contribution in [0.15, 0.2) is 42.6 Å². The fraction of sp³-hybridized carbons (Fsp3) is 0.520. The van der Waals surface area contributed by atoms with Crippen molar-refractivity contribution in [3.05, 3.63) is 53.2 Å². The zero-order chi connectivity index (χ0) is 26.3. The SMILES string of the molecule is COc1ccnc(N2CCC(N3C[C@H](C)OC[C@@H]3Cc3ccc(Cl)cc3)CC2)c1.O=C(O)C(F)(F)F. The fourth-order valence-corrected chi connectivity index (χ4v) is 4.64. The molecular formula is C25H31ClF3N3O4. The predicted octanol–water partition coefficient (Wildman–Crippen LogP) is 4.68. The van der Waals surface area contributed by atoms with Gasteiger partial charge in [-0.2, -0.15) is 13.2 Å². The molecule has 2 aliphatic heterocycles. The number of alkyl halides is 3. The zero-order valence-corrected chi connectivity index (χ0v) is 21.0. The quantitative estimate of drug-likeness (QED) is 0.603. The number of pyridine rings is 1. The number of carboxylic acids is 1. The van der Waals surface area contributed by atoms with Crippen molar-refractivity contribution in [2.45, 2.75) is 50.6 Å². The van der Waals surface area contributed by atoms with E-state index in [0.717, 1.165) is 62.1 Å². The van der Waals surface area contributed by atoms with Crippen LogP contribution < -0.4 is 9.64 Å². The summed E-state index contributed by atoms with van der Waals surface area (Å²) in [7, 11) is 1.70. The van der Waals surface area contributed by atoms with E-state index in [1.165, 1.54) is 5.56 Å². The number of benzene rings is 1. The van der Waals surface area contributed by atoms with E-state index >= 15 is 0 Å². The Bertz CT molecular complexity index is 985. The van der Waals surface area contributed by atoms with Crippen molar-refractivity contribution < 1.29 is 32.5 Å². The molecule has 2 aliphatic rings. The molecule has 2 saturated heterocycles. The van der Waals surface area contributed by atoms with Gasteiger partial charge in [-0.3, -0.25) is 4.90 Å². The van der Waals surface area contributed by atoms with Gasteiger partial charge in [0.2, 0.25) is 0 Å². The van der Waals surface area contributed by atoms with E-state index in [-0.39, 0.29) is 6.10 Å². The summed E-state index contributed by atoms with van der Waals surface area (Å²) >= 11 is 6.05.